The predicted octanol–water partition coefficient (Wildman–Crippen LogP) is 1.06. The van der Waals surface area contributed by atoms with Gasteiger partial charge in [-0.2, -0.15) is 0 Å². The summed E-state index contributed by atoms with van der Waals surface area (Å²) >= 11 is 0. The van der Waals surface area contributed by atoms with Crippen LogP contribution in [0.15, 0.2) is 12.1 Å². The average Bonchev–Trinajstić information content (AvgIpc) is 2.35. The van der Waals surface area contributed by atoms with Gasteiger partial charge in [-0.25, -0.2) is 0 Å². The smallest absolute Gasteiger partial charge is 0.200 e. The van der Waals surface area contributed by atoms with Crippen LogP contribution in [-0.2, 0) is 6.54 Å². The highest BCUT2D eigenvalue weighted by molar-refractivity contribution is 5.52. The van der Waals surface area contributed by atoms with Gasteiger partial charge in [-0.15, -0.1) is 0 Å². The van der Waals surface area contributed by atoms with E-state index in [1.807, 2.05) is 14.1 Å². The number of phenols is 1. The number of nitrogens with one attached hydrogen (secondary N) is 1. The van der Waals surface area contributed by atoms with Crippen molar-refractivity contribution < 1.29 is 14.6 Å². The lowest BCUT2D eigenvalue weighted by Crippen LogP contribution is -2.26. The fourth-order valence-corrected chi connectivity index (χ4v) is 1.59. The molecule has 0 unspecified atom stereocenters. The Labute approximate surface area is 108 Å². The fraction of sp³-hybridized carbons (Fsp3) is 0.538. The quantitative estimate of drug-likeness (QED) is 0.713. The maximum absolute atomic E-state index is 9.78. The van der Waals surface area contributed by atoms with Crippen LogP contribution in [0.1, 0.15) is 5.56 Å². The maximum Gasteiger partial charge on any atom is 0.200 e. The van der Waals surface area contributed by atoms with E-state index in [4.69, 9.17) is 9.47 Å². The van der Waals surface area contributed by atoms with Gasteiger partial charge in [0.2, 0.25) is 5.75 Å². The van der Waals surface area contributed by atoms with Gasteiger partial charge in [-0.1, -0.05) is 0 Å². The summed E-state index contributed by atoms with van der Waals surface area (Å²) in [5, 5.41) is 13.1. The first-order chi connectivity index (χ1) is 8.58. The molecule has 0 bridgehead atoms. The first-order valence-corrected chi connectivity index (χ1v) is 5.87. The summed E-state index contributed by atoms with van der Waals surface area (Å²) in [7, 11) is 7.12. The minimum Gasteiger partial charge on any atom is -0.502 e. The van der Waals surface area contributed by atoms with Crippen molar-refractivity contribution in [1.29, 1.82) is 0 Å². The zero-order chi connectivity index (χ0) is 13.5. The summed E-state index contributed by atoms with van der Waals surface area (Å²) in [4.78, 5) is 2.12. The zero-order valence-electron chi connectivity index (χ0n) is 11.5. The van der Waals surface area contributed by atoms with E-state index in [9.17, 15) is 5.11 Å². The molecule has 0 amide bonds. The number of hydrogen-bond donors (Lipinski definition) is 2. The molecule has 5 heteroatoms. The molecule has 0 atom stereocenters. The second-order valence-electron chi connectivity index (χ2n) is 4.33. The summed E-state index contributed by atoms with van der Waals surface area (Å²) in [6, 6.07) is 3.61. The van der Waals surface area contributed by atoms with Crippen molar-refractivity contribution in [2.45, 2.75) is 6.54 Å². The molecule has 18 heavy (non-hydrogen) atoms. The van der Waals surface area contributed by atoms with E-state index in [2.05, 4.69) is 10.2 Å². The number of methoxy groups -OCH3 is 2. The molecule has 0 aliphatic heterocycles. The highest BCUT2D eigenvalue weighted by Crippen LogP contribution is 2.36. The van der Waals surface area contributed by atoms with Crippen LogP contribution in [0.4, 0.5) is 0 Å². The largest absolute Gasteiger partial charge is 0.502 e. The van der Waals surface area contributed by atoms with E-state index in [0.717, 1.165) is 18.7 Å². The third-order valence-electron chi connectivity index (χ3n) is 2.60. The van der Waals surface area contributed by atoms with Crippen LogP contribution in [0.3, 0.4) is 0 Å². The van der Waals surface area contributed by atoms with Crippen LogP contribution in [-0.4, -0.2) is 51.4 Å². The Balaban J connectivity index is 2.65. The van der Waals surface area contributed by atoms with Crippen LogP contribution in [0.5, 0.6) is 17.2 Å². The Morgan fingerprint density at radius 1 is 1.17 bits per heavy atom. The molecule has 1 aromatic rings. The van der Waals surface area contributed by atoms with Crippen molar-refractivity contribution in [2.24, 2.45) is 0 Å². The second kappa shape index (κ2) is 7.08. The lowest BCUT2D eigenvalue weighted by molar-refractivity contribution is 0.338. The number of phenolic OH excluding ortho intramolecular Hbond substituents is 1. The lowest BCUT2D eigenvalue weighted by Gasteiger charge is -2.13. The first kappa shape index (κ1) is 14.6. The van der Waals surface area contributed by atoms with E-state index in [0.29, 0.717) is 18.0 Å². The molecule has 0 aliphatic rings. The van der Waals surface area contributed by atoms with Crippen LogP contribution in [0.2, 0.25) is 0 Å². The van der Waals surface area contributed by atoms with Crippen LogP contribution in [0, 0.1) is 0 Å². The molecule has 0 aromatic heterocycles. The van der Waals surface area contributed by atoms with E-state index >= 15 is 0 Å². The number of benzene rings is 1. The Hall–Kier alpha value is -1.46. The van der Waals surface area contributed by atoms with Gasteiger partial charge >= 0.3 is 0 Å². The predicted molar refractivity (Wildman–Crippen MR) is 71.5 cm³/mol. The highest BCUT2D eigenvalue weighted by Gasteiger charge is 2.10. The van der Waals surface area contributed by atoms with Crippen molar-refractivity contribution in [1.82, 2.24) is 10.2 Å². The molecule has 0 aliphatic carbocycles. The summed E-state index contributed by atoms with van der Waals surface area (Å²) in [5.41, 5.74) is 1.01. The van der Waals surface area contributed by atoms with E-state index in [1.54, 1.807) is 12.1 Å². The first-order valence-electron chi connectivity index (χ1n) is 5.87. The van der Waals surface area contributed by atoms with E-state index < -0.39 is 0 Å². The van der Waals surface area contributed by atoms with Crippen molar-refractivity contribution in [3.05, 3.63) is 17.7 Å². The maximum atomic E-state index is 9.78. The molecule has 2 N–H and O–H groups in total. The van der Waals surface area contributed by atoms with E-state index in [-0.39, 0.29) is 5.75 Å². The standard InChI is InChI=1S/C13H22N2O3/c1-15(2)6-5-14-9-10-7-11(17-3)13(16)12(8-10)18-4/h7-8,14,16H,5-6,9H2,1-4H3. The van der Waals surface area contributed by atoms with Crippen molar-refractivity contribution >= 4 is 0 Å². The number of rotatable bonds is 7. The van der Waals surface area contributed by atoms with Crippen molar-refractivity contribution in [3.63, 3.8) is 0 Å². The Morgan fingerprint density at radius 2 is 1.72 bits per heavy atom. The van der Waals surface area contributed by atoms with Gasteiger partial charge in [0.1, 0.15) is 0 Å². The topological polar surface area (TPSA) is 54.0 Å². The number of nitrogens with zero attached hydrogens (tertiary/aromatic N) is 1. The molecule has 0 saturated heterocycles. The van der Waals surface area contributed by atoms with Crippen LogP contribution < -0.4 is 14.8 Å². The Kier molecular flexibility index (Phi) is 5.74. The average molecular weight is 254 g/mol. The molecule has 0 spiro atoms. The summed E-state index contributed by atoms with van der Waals surface area (Å²) in [6.07, 6.45) is 0. The summed E-state index contributed by atoms with van der Waals surface area (Å²) < 4.78 is 10.2. The molecule has 0 heterocycles. The molecule has 0 fully saturated rings. The summed E-state index contributed by atoms with van der Waals surface area (Å²) in [6.45, 7) is 2.59. The number of ether oxygens (including phenoxy) is 2. The van der Waals surface area contributed by atoms with Gasteiger partial charge in [-0.05, 0) is 31.8 Å². The third-order valence-corrected chi connectivity index (χ3v) is 2.60. The minimum absolute atomic E-state index is 0.0389. The fourth-order valence-electron chi connectivity index (χ4n) is 1.59. The molecule has 1 aromatic carbocycles. The normalized spacial score (nSPS) is 10.7. The molecule has 5 nitrogen and oxygen atoms in total. The van der Waals surface area contributed by atoms with Crippen LogP contribution in [0.25, 0.3) is 0 Å². The monoisotopic (exact) mass is 254 g/mol. The minimum atomic E-state index is 0.0389. The molecule has 1 rings (SSSR count). The SMILES string of the molecule is COc1cc(CNCCN(C)C)cc(OC)c1O. The zero-order valence-corrected chi connectivity index (χ0v) is 11.5. The second-order valence-corrected chi connectivity index (χ2v) is 4.33. The highest BCUT2D eigenvalue weighted by atomic mass is 16.5. The lowest BCUT2D eigenvalue weighted by atomic mass is 10.2. The van der Waals surface area contributed by atoms with Gasteiger partial charge in [-0.3, -0.25) is 0 Å². The van der Waals surface area contributed by atoms with E-state index in [1.165, 1.54) is 14.2 Å². The van der Waals surface area contributed by atoms with Gasteiger partial charge in [0.15, 0.2) is 11.5 Å². The molecular weight excluding hydrogens is 232 g/mol. The van der Waals surface area contributed by atoms with Gasteiger partial charge in [0.05, 0.1) is 14.2 Å². The van der Waals surface area contributed by atoms with Crippen LogP contribution >= 0.6 is 0 Å². The third kappa shape index (κ3) is 4.09. The molecule has 0 radical (unpaired) electrons. The van der Waals surface area contributed by atoms with Gasteiger partial charge < -0.3 is 24.8 Å². The number of likely N-dealkylation sites (N-methyl/N-ethyl adjacent to an activating group) is 1. The Morgan fingerprint density at radius 3 is 2.17 bits per heavy atom. The summed E-state index contributed by atoms with van der Waals surface area (Å²) in [5.74, 6) is 0.898. The molecular formula is C13H22N2O3. The Bertz CT molecular complexity index is 355. The number of aromatic hydroxyl groups is 1. The van der Waals surface area contributed by atoms with Crippen molar-refractivity contribution in [3.8, 4) is 17.2 Å². The molecule has 102 valence electrons. The van der Waals surface area contributed by atoms with Gasteiger partial charge in [0, 0.05) is 19.6 Å². The van der Waals surface area contributed by atoms with Crippen molar-refractivity contribution in [2.75, 3.05) is 41.4 Å². The number of hydrogen-bond acceptors (Lipinski definition) is 5. The van der Waals surface area contributed by atoms with Gasteiger partial charge in [0.25, 0.3) is 0 Å². The molecule has 0 saturated carbocycles.